The topological polar surface area (TPSA) is 118 Å². The number of furan rings is 1. The van der Waals surface area contributed by atoms with E-state index in [4.69, 9.17) is 4.42 Å². The van der Waals surface area contributed by atoms with Gasteiger partial charge in [0.1, 0.15) is 5.76 Å². The van der Waals surface area contributed by atoms with E-state index in [-0.39, 0.29) is 29.3 Å². The van der Waals surface area contributed by atoms with Crippen LogP contribution in [0.5, 0.6) is 0 Å². The van der Waals surface area contributed by atoms with Gasteiger partial charge in [-0.3, -0.25) is 9.59 Å². The van der Waals surface area contributed by atoms with Crippen LogP contribution in [-0.2, 0) is 21.4 Å². The summed E-state index contributed by atoms with van der Waals surface area (Å²) in [6, 6.07) is 16.5. The molecule has 2 amide bonds. The first-order valence-electron chi connectivity index (χ1n) is 10.4. The second kappa shape index (κ2) is 9.85. The Kier molecular flexibility index (Phi) is 6.71. The van der Waals surface area contributed by atoms with Gasteiger partial charge in [-0.15, -0.1) is 0 Å². The Morgan fingerprint density at radius 3 is 2.36 bits per heavy atom. The standard InChI is InChI=1S/C24H23N3O5S/c28-23(26-19-8-6-18(7-9-19)24(29)27-20-10-11-20)14-5-17-3-12-22(13-4-17)33(30,31)25-16-21-2-1-15-32-21/h1-9,12-15,20,25H,10-11,16H2,(H,26,28)(H,27,29)/b14-5+. The zero-order valence-electron chi connectivity index (χ0n) is 17.7. The number of rotatable bonds is 9. The number of carbonyl (C=O) groups is 2. The van der Waals surface area contributed by atoms with Crippen LogP contribution < -0.4 is 15.4 Å². The van der Waals surface area contributed by atoms with E-state index < -0.39 is 10.0 Å². The molecule has 2 aromatic carbocycles. The minimum absolute atomic E-state index is 0.0589. The highest BCUT2D eigenvalue weighted by Gasteiger charge is 2.23. The molecule has 0 radical (unpaired) electrons. The first-order valence-corrected chi connectivity index (χ1v) is 11.9. The summed E-state index contributed by atoms with van der Waals surface area (Å²) in [7, 11) is -3.68. The van der Waals surface area contributed by atoms with E-state index in [1.165, 1.54) is 24.5 Å². The van der Waals surface area contributed by atoms with Crippen LogP contribution in [-0.4, -0.2) is 26.3 Å². The second-order valence-corrected chi connectivity index (χ2v) is 9.39. The Labute approximate surface area is 191 Å². The Bertz CT molecular complexity index is 1240. The second-order valence-electron chi connectivity index (χ2n) is 7.62. The molecule has 0 bridgehead atoms. The van der Waals surface area contributed by atoms with Gasteiger partial charge in [-0.2, -0.15) is 0 Å². The summed E-state index contributed by atoms with van der Waals surface area (Å²) in [4.78, 5) is 24.3. The Balaban J connectivity index is 1.30. The summed E-state index contributed by atoms with van der Waals surface area (Å²) < 4.78 is 32.3. The summed E-state index contributed by atoms with van der Waals surface area (Å²) >= 11 is 0. The van der Waals surface area contributed by atoms with Gasteiger partial charge < -0.3 is 15.1 Å². The molecule has 3 N–H and O–H groups in total. The molecule has 0 unspecified atom stereocenters. The van der Waals surface area contributed by atoms with E-state index >= 15 is 0 Å². The highest BCUT2D eigenvalue weighted by Crippen LogP contribution is 2.20. The molecule has 33 heavy (non-hydrogen) atoms. The van der Waals surface area contributed by atoms with Crippen molar-refractivity contribution in [3.63, 3.8) is 0 Å². The maximum atomic E-state index is 12.4. The highest BCUT2D eigenvalue weighted by atomic mass is 32.2. The summed E-state index contributed by atoms with van der Waals surface area (Å²) in [5.41, 5.74) is 1.78. The quantitative estimate of drug-likeness (QED) is 0.419. The number of nitrogens with one attached hydrogen (secondary N) is 3. The first-order chi connectivity index (χ1) is 15.9. The molecule has 4 rings (SSSR count). The third-order valence-electron chi connectivity index (χ3n) is 4.96. The zero-order chi connectivity index (χ0) is 23.3. The third-order valence-corrected chi connectivity index (χ3v) is 6.38. The molecule has 1 saturated carbocycles. The molecule has 1 aromatic heterocycles. The maximum Gasteiger partial charge on any atom is 0.251 e. The zero-order valence-corrected chi connectivity index (χ0v) is 18.5. The van der Waals surface area contributed by atoms with Gasteiger partial charge in [-0.1, -0.05) is 12.1 Å². The molecule has 0 atom stereocenters. The van der Waals surface area contributed by atoms with Crippen LogP contribution in [0.4, 0.5) is 5.69 Å². The van der Waals surface area contributed by atoms with E-state index in [1.807, 2.05) is 0 Å². The third kappa shape index (κ3) is 6.41. The average Bonchev–Trinajstić information content (AvgIpc) is 3.47. The molecule has 1 fully saturated rings. The molecule has 1 heterocycles. The predicted molar refractivity (Wildman–Crippen MR) is 124 cm³/mol. The van der Waals surface area contributed by atoms with Crippen molar-refractivity contribution in [1.29, 1.82) is 0 Å². The van der Waals surface area contributed by atoms with Gasteiger partial charge in [0.05, 0.1) is 17.7 Å². The maximum absolute atomic E-state index is 12.4. The van der Waals surface area contributed by atoms with Gasteiger partial charge in [0.2, 0.25) is 15.9 Å². The minimum atomic E-state index is -3.68. The van der Waals surface area contributed by atoms with Crippen LogP contribution in [0.25, 0.3) is 6.08 Å². The van der Waals surface area contributed by atoms with E-state index in [9.17, 15) is 18.0 Å². The van der Waals surface area contributed by atoms with Crippen LogP contribution in [0, 0.1) is 0 Å². The molecule has 0 spiro atoms. The summed E-state index contributed by atoms with van der Waals surface area (Å²) in [5.74, 6) is 0.0548. The number of benzene rings is 2. The average molecular weight is 466 g/mol. The van der Waals surface area contributed by atoms with Crippen LogP contribution in [0.2, 0.25) is 0 Å². The van der Waals surface area contributed by atoms with E-state index in [2.05, 4.69) is 15.4 Å². The lowest BCUT2D eigenvalue weighted by molar-refractivity contribution is -0.111. The molecule has 1 aliphatic carbocycles. The lowest BCUT2D eigenvalue weighted by Crippen LogP contribution is -2.25. The normalized spacial score (nSPS) is 13.7. The van der Waals surface area contributed by atoms with Gasteiger partial charge in [0.25, 0.3) is 5.91 Å². The highest BCUT2D eigenvalue weighted by molar-refractivity contribution is 7.89. The van der Waals surface area contributed by atoms with Crippen molar-refractivity contribution in [2.75, 3.05) is 5.32 Å². The molecule has 170 valence electrons. The summed E-state index contributed by atoms with van der Waals surface area (Å²) in [5, 5.41) is 5.64. The number of hydrogen-bond donors (Lipinski definition) is 3. The molecule has 9 heteroatoms. The fourth-order valence-corrected chi connectivity index (χ4v) is 3.97. The number of hydrogen-bond acceptors (Lipinski definition) is 5. The number of sulfonamides is 1. The molecular formula is C24H23N3O5S. The van der Waals surface area contributed by atoms with Crippen LogP contribution in [0.15, 0.2) is 82.3 Å². The summed E-state index contributed by atoms with van der Waals surface area (Å²) in [6.45, 7) is 0.0589. The number of carbonyl (C=O) groups excluding carboxylic acids is 2. The lowest BCUT2D eigenvalue weighted by Gasteiger charge is -2.06. The molecule has 0 saturated heterocycles. The largest absolute Gasteiger partial charge is 0.468 e. The van der Waals surface area contributed by atoms with Crippen molar-refractivity contribution < 1.29 is 22.4 Å². The van der Waals surface area contributed by atoms with E-state index in [1.54, 1.807) is 54.6 Å². The van der Waals surface area contributed by atoms with Gasteiger partial charge in [0, 0.05) is 23.4 Å². The monoisotopic (exact) mass is 465 g/mol. The van der Waals surface area contributed by atoms with Crippen molar-refractivity contribution in [3.8, 4) is 0 Å². The van der Waals surface area contributed by atoms with Gasteiger partial charge in [0.15, 0.2) is 0 Å². The molecule has 1 aliphatic rings. The van der Waals surface area contributed by atoms with Crippen molar-refractivity contribution in [2.24, 2.45) is 0 Å². The van der Waals surface area contributed by atoms with Crippen LogP contribution in [0.1, 0.15) is 34.5 Å². The van der Waals surface area contributed by atoms with E-state index in [0.29, 0.717) is 22.6 Å². The number of amides is 2. The van der Waals surface area contributed by atoms with Gasteiger partial charge >= 0.3 is 0 Å². The van der Waals surface area contributed by atoms with Gasteiger partial charge in [-0.25, -0.2) is 13.1 Å². The van der Waals surface area contributed by atoms with Crippen molar-refractivity contribution in [3.05, 3.63) is 89.9 Å². The molecule has 0 aliphatic heterocycles. The molecule has 8 nitrogen and oxygen atoms in total. The predicted octanol–water partition coefficient (Wildman–Crippen LogP) is 3.30. The lowest BCUT2D eigenvalue weighted by atomic mass is 10.2. The Hall–Kier alpha value is -3.69. The minimum Gasteiger partial charge on any atom is -0.468 e. The summed E-state index contributed by atoms with van der Waals surface area (Å²) in [6.07, 6.45) is 6.46. The van der Waals surface area contributed by atoms with Crippen LogP contribution in [0.3, 0.4) is 0 Å². The smallest absolute Gasteiger partial charge is 0.251 e. The van der Waals surface area contributed by atoms with Crippen molar-refractivity contribution in [2.45, 2.75) is 30.3 Å². The van der Waals surface area contributed by atoms with Crippen LogP contribution >= 0.6 is 0 Å². The fraction of sp³-hybridized carbons (Fsp3) is 0.167. The van der Waals surface area contributed by atoms with E-state index in [0.717, 1.165) is 12.8 Å². The van der Waals surface area contributed by atoms with Crippen molar-refractivity contribution >= 4 is 33.6 Å². The Morgan fingerprint density at radius 2 is 1.73 bits per heavy atom. The Morgan fingerprint density at radius 1 is 1.00 bits per heavy atom. The van der Waals surface area contributed by atoms with Crippen molar-refractivity contribution in [1.82, 2.24) is 10.0 Å². The fourth-order valence-electron chi connectivity index (χ4n) is 2.98. The first kappa shape index (κ1) is 22.5. The molecule has 3 aromatic rings. The number of anilines is 1. The SMILES string of the molecule is O=C(/C=C/c1ccc(S(=O)(=O)NCc2ccco2)cc1)Nc1ccc(C(=O)NC2CC2)cc1. The van der Waals surface area contributed by atoms with Gasteiger partial charge in [-0.05, 0) is 73.0 Å². The molecular weight excluding hydrogens is 442 g/mol.